The van der Waals surface area contributed by atoms with Crippen molar-refractivity contribution in [2.75, 3.05) is 13.0 Å². The van der Waals surface area contributed by atoms with E-state index in [1.807, 2.05) is 5.32 Å². The predicted molar refractivity (Wildman–Crippen MR) is 69.4 cm³/mol. The van der Waals surface area contributed by atoms with Gasteiger partial charge in [0.25, 0.3) is 0 Å². The third kappa shape index (κ3) is 6.30. The standard InChI is InChI=1S/C10H16N2O5.CH3Cl.Ir/c1-2-3-12(10(16)11-6-14)9-4-7(15)8(5-13)17-9;1-2;/h2-3,6-9,13,15H,4-5H2,1H3,(H,11,14,16);1H3;/b3-2-;;. The molecule has 3 amide bonds. The second-order valence-electron chi connectivity index (χ2n) is 3.57. The molecule has 0 bridgehead atoms. The van der Waals surface area contributed by atoms with Crippen LogP contribution in [0.3, 0.4) is 0 Å². The number of allylic oxidation sites excluding steroid dienone is 1. The molecule has 1 radical (unpaired) electrons. The van der Waals surface area contributed by atoms with Gasteiger partial charge in [0.1, 0.15) is 12.3 Å². The van der Waals surface area contributed by atoms with Crippen LogP contribution < -0.4 is 5.32 Å². The Morgan fingerprint density at radius 1 is 1.55 bits per heavy atom. The summed E-state index contributed by atoms with van der Waals surface area (Å²) in [5.41, 5.74) is 0. The van der Waals surface area contributed by atoms with Gasteiger partial charge in [0.05, 0.1) is 12.7 Å². The molecule has 9 heteroatoms. The number of nitrogens with one attached hydrogen (secondary N) is 1. The van der Waals surface area contributed by atoms with Crippen LogP contribution >= 0.6 is 11.6 Å². The van der Waals surface area contributed by atoms with Gasteiger partial charge in [-0.25, -0.2) is 4.79 Å². The van der Waals surface area contributed by atoms with Gasteiger partial charge in [0, 0.05) is 39.1 Å². The molecule has 119 valence electrons. The molecule has 0 aromatic rings. The molecule has 0 spiro atoms. The number of urea groups is 1. The number of carbonyl (C=O) groups excluding carboxylic acids is 2. The van der Waals surface area contributed by atoms with E-state index in [1.165, 1.54) is 12.6 Å². The molecular weight excluding hydrogens is 468 g/mol. The van der Waals surface area contributed by atoms with Crippen molar-refractivity contribution in [3.63, 3.8) is 0 Å². The van der Waals surface area contributed by atoms with Crippen molar-refractivity contribution >= 4 is 24.0 Å². The molecule has 1 rings (SSSR count). The van der Waals surface area contributed by atoms with Crippen LogP contribution in [0, 0.1) is 0 Å². The van der Waals surface area contributed by atoms with E-state index in [4.69, 9.17) is 9.84 Å². The molecule has 1 saturated heterocycles. The average molecular weight is 487 g/mol. The van der Waals surface area contributed by atoms with Gasteiger partial charge in [-0.05, 0) is 6.92 Å². The van der Waals surface area contributed by atoms with Crippen LogP contribution in [0.25, 0.3) is 0 Å². The first-order chi connectivity index (χ1) is 9.13. The normalized spacial score (nSPS) is 24.4. The van der Waals surface area contributed by atoms with Crippen molar-refractivity contribution in [1.82, 2.24) is 10.2 Å². The van der Waals surface area contributed by atoms with Gasteiger partial charge in [-0.15, -0.1) is 11.6 Å². The van der Waals surface area contributed by atoms with E-state index in [0.29, 0.717) is 0 Å². The van der Waals surface area contributed by atoms with Crippen molar-refractivity contribution < 1.29 is 44.6 Å². The van der Waals surface area contributed by atoms with Crippen LogP contribution in [0.2, 0.25) is 0 Å². The molecule has 7 nitrogen and oxygen atoms in total. The molecule has 3 N–H and O–H groups in total. The molecule has 0 aliphatic carbocycles. The topological polar surface area (TPSA) is 99.1 Å². The molecule has 1 heterocycles. The van der Waals surface area contributed by atoms with Crippen LogP contribution in [-0.4, -0.2) is 59.0 Å². The fourth-order valence-electron chi connectivity index (χ4n) is 1.63. The number of amides is 3. The minimum absolute atomic E-state index is 0. The van der Waals surface area contributed by atoms with Crippen molar-refractivity contribution in [3.05, 3.63) is 12.3 Å². The molecule has 1 aliphatic rings. The maximum absolute atomic E-state index is 11.5. The van der Waals surface area contributed by atoms with E-state index < -0.39 is 24.5 Å². The fraction of sp³-hybridized carbons (Fsp3) is 0.636. The minimum Gasteiger partial charge on any atom is -0.394 e. The van der Waals surface area contributed by atoms with Gasteiger partial charge >= 0.3 is 6.03 Å². The summed E-state index contributed by atoms with van der Waals surface area (Å²) in [5.74, 6) is 0. The fourth-order valence-corrected chi connectivity index (χ4v) is 1.63. The van der Waals surface area contributed by atoms with E-state index in [-0.39, 0.29) is 39.5 Å². The first-order valence-corrected chi connectivity index (χ1v) is 6.37. The predicted octanol–water partition coefficient (Wildman–Crippen LogP) is 0.00870. The monoisotopic (exact) mass is 487 g/mol. The Hall–Kier alpha value is -0.501. The molecular formula is C11H19ClIrN2O5. The third-order valence-corrected chi connectivity index (χ3v) is 2.42. The third-order valence-electron chi connectivity index (χ3n) is 2.42. The second-order valence-corrected chi connectivity index (χ2v) is 3.57. The number of alkyl halides is 1. The zero-order chi connectivity index (χ0) is 14.8. The van der Waals surface area contributed by atoms with Crippen LogP contribution in [-0.2, 0) is 29.6 Å². The number of hydrogen-bond acceptors (Lipinski definition) is 5. The molecule has 20 heavy (non-hydrogen) atoms. The molecule has 0 saturated carbocycles. The quantitative estimate of drug-likeness (QED) is 0.384. The van der Waals surface area contributed by atoms with E-state index >= 15 is 0 Å². The molecule has 0 aromatic carbocycles. The number of rotatable bonds is 4. The summed E-state index contributed by atoms with van der Waals surface area (Å²) in [6, 6.07) is -0.645. The summed E-state index contributed by atoms with van der Waals surface area (Å²) in [7, 11) is 0. The number of aliphatic hydroxyl groups excluding tert-OH is 2. The molecule has 0 aromatic heterocycles. The van der Waals surface area contributed by atoms with E-state index in [0.717, 1.165) is 4.90 Å². The number of halogens is 1. The first kappa shape index (κ1) is 21.8. The number of aliphatic hydroxyl groups is 2. The van der Waals surface area contributed by atoms with Gasteiger partial charge in [-0.2, -0.15) is 0 Å². The van der Waals surface area contributed by atoms with Crippen molar-refractivity contribution in [3.8, 4) is 0 Å². The van der Waals surface area contributed by atoms with Crippen molar-refractivity contribution in [1.29, 1.82) is 0 Å². The Bertz CT molecular complexity index is 319. The zero-order valence-electron chi connectivity index (χ0n) is 11.2. The van der Waals surface area contributed by atoms with Crippen LogP contribution in [0.15, 0.2) is 12.3 Å². The first-order valence-electron chi connectivity index (χ1n) is 5.61. The maximum atomic E-state index is 11.5. The van der Waals surface area contributed by atoms with Crippen LogP contribution in [0.5, 0.6) is 0 Å². The number of imide groups is 1. The minimum atomic E-state index is -0.832. The Morgan fingerprint density at radius 2 is 2.15 bits per heavy atom. The van der Waals surface area contributed by atoms with Gasteiger partial charge in [-0.3, -0.25) is 15.0 Å². The SMILES string of the molecule is C/C=C\N(C(=O)NC=O)C1CC(O)C(CO)O1.CCl.[Ir]. The summed E-state index contributed by atoms with van der Waals surface area (Å²) in [6.45, 7) is 1.38. The Kier molecular flexibility index (Phi) is 13.4. The maximum Gasteiger partial charge on any atom is 0.329 e. The van der Waals surface area contributed by atoms with Gasteiger partial charge < -0.3 is 14.9 Å². The Balaban J connectivity index is 0. The Labute approximate surface area is 136 Å². The average Bonchev–Trinajstić information content (AvgIpc) is 2.79. The van der Waals surface area contributed by atoms with E-state index in [2.05, 4.69) is 11.6 Å². The van der Waals surface area contributed by atoms with Gasteiger partial charge in [-0.1, -0.05) is 6.08 Å². The summed E-state index contributed by atoms with van der Waals surface area (Å²) >= 11 is 4.64. The second kappa shape index (κ2) is 12.3. The molecule has 1 fully saturated rings. The van der Waals surface area contributed by atoms with Crippen molar-refractivity contribution in [2.45, 2.75) is 31.8 Å². The van der Waals surface area contributed by atoms with Gasteiger partial charge in [0.15, 0.2) is 0 Å². The number of ether oxygens (including phenoxy) is 1. The van der Waals surface area contributed by atoms with Gasteiger partial charge in [0.2, 0.25) is 6.41 Å². The van der Waals surface area contributed by atoms with Crippen molar-refractivity contribution in [2.24, 2.45) is 0 Å². The number of carbonyl (C=O) groups is 2. The number of nitrogens with zero attached hydrogens (tertiary/aromatic N) is 1. The number of hydrogen-bond donors (Lipinski definition) is 3. The van der Waals surface area contributed by atoms with E-state index in [1.54, 1.807) is 13.0 Å². The largest absolute Gasteiger partial charge is 0.394 e. The molecule has 3 unspecified atom stereocenters. The van der Waals surface area contributed by atoms with Crippen LogP contribution in [0.1, 0.15) is 13.3 Å². The molecule has 3 atom stereocenters. The summed E-state index contributed by atoms with van der Waals surface area (Å²) < 4.78 is 5.30. The summed E-state index contributed by atoms with van der Waals surface area (Å²) in [4.78, 5) is 22.9. The summed E-state index contributed by atoms with van der Waals surface area (Å²) in [5, 5.41) is 20.5. The van der Waals surface area contributed by atoms with E-state index in [9.17, 15) is 14.7 Å². The Morgan fingerprint density at radius 3 is 2.55 bits per heavy atom. The van der Waals surface area contributed by atoms with Crippen LogP contribution in [0.4, 0.5) is 4.79 Å². The smallest absolute Gasteiger partial charge is 0.329 e. The zero-order valence-corrected chi connectivity index (χ0v) is 14.3. The summed E-state index contributed by atoms with van der Waals surface area (Å²) in [6.07, 6.45) is 2.73. The molecule has 1 aliphatic heterocycles.